The average Bonchev–Trinajstić information content (AvgIpc) is 2.70. The van der Waals surface area contributed by atoms with Crippen molar-refractivity contribution in [2.45, 2.75) is 6.54 Å². The van der Waals surface area contributed by atoms with Gasteiger partial charge in [0.05, 0.1) is 24.2 Å². The highest BCUT2D eigenvalue weighted by Gasteiger charge is 2.07. The molecule has 0 radical (unpaired) electrons. The van der Waals surface area contributed by atoms with Crippen LogP contribution in [-0.4, -0.2) is 7.05 Å². The van der Waals surface area contributed by atoms with Gasteiger partial charge in [0.15, 0.2) is 0 Å². The van der Waals surface area contributed by atoms with Gasteiger partial charge in [-0.15, -0.1) is 0 Å². The summed E-state index contributed by atoms with van der Waals surface area (Å²) in [6, 6.07) is 9.89. The molecule has 1 aromatic carbocycles. The summed E-state index contributed by atoms with van der Waals surface area (Å²) < 4.78 is 6.45. The van der Waals surface area contributed by atoms with Crippen molar-refractivity contribution in [3.8, 4) is 0 Å². The van der Waals surface area contributed by atoms with E-state index in [9.17, 15) is 0 Å². The van der Waals surface area contributed by atoms with Crippen LogP contribution < -0.4 is 10.6 Å². The number of nitrogens with two attached hydrogens (primary N) is 1. The zero-order chi connectivity index (χ0) is 11.5. The van der Waals surface area contributed by atoms with Crippen LogP contribution in [0.2, 0.25) is 0 Å². The summed E-state index contributed by atoms with van der Waals surface area (Å²) >= 11 is 2.25. The second-order valence-corrected chi connectivity index (χ2v) is 4.88. The van der Waals surface area contributed by atoms with Crippen LogP contribution in [0, 0.1) is 3.57 Å². The highest BCUT2D eigenvalue weighted by atomic mass is 127. The molecule has 1 heterocycles. The number of nitrogens with zero attached hydrogens (tertiary/aromatic N) is 1. The number of hydrogen-bond donors (Lipinski definition) is 1. The first-order valence-corrected chi connectivity index (χ1v) is 6.03. The monoisotopic (exact) mass is 328 g/mol. The Morgan fingerprint density at radius 3 is 2.81 bits per heavy atom. The normalized spacial score (nSPS) is 10.4. The molecule has 0 aliphatic heterocycles. The first kappa shape index (κ1) is 11.3. The molecule has 0 fully saturated rings. The molecule has 3 nitrogen and oxygen atoms in total. The van der Waals surface area contributed by atoms with Crippen LogP contribution in [0.1, 0.15) is 5.76 Å². The second-order valence-electron chi connectivity index (χ2n) is 3.64. The van der Waals surface area contributed by atoms with Gasteiger partial charge in [0, 0.05) is 10.6 Å². The van der Waals surface area contributed by atoms with Gasteiger partial charge in [-0.2, -0.15) is 0 Å². The summed E-state index contributed by atoms with van der Waals surface area (Å²) in [5.41, 5.74) is 7.79. The van der Waals surface area contributed by atoms with Crippen LogP contribution in [0.25, 0.3) is 0 Å². The van der Waals surface area contributed by atoms with E-state index in [0.717, 1.165) is 27.2 Å². The first-order valence-electron chi connectivity index (χ1n) is 4.95. The molecule has 0 unspecified atom stereocenters. The molecule has 0 spiro atoms. The molecule has 16 heavy (non-hydrogen) atoms. The fraction of sp³-hybridized carbons (Fsp3) is 0.167. The van der Waals surface area contributed by atoms with Crippen molar-refractivity contribution in [1.29, 1.82) is 0 Å². The Labute approximate surface area is 108 Å². The lowest BCUT2D eigenvalue weighted by Gasteiger charge is -2.19. The van der Waals surface area contributed by atoms with E-state index in [1.165, 1.54) is 0 Å². The third-order valence-corrected chi connectivity index (χ3v) is 3.04. The maximum Gasteiger partial charge on any atom is 0.123 e. The average molecular weight is 328 g/mol. The quantitative estimate of drug-likeness (QED) is 0.695. The first-order chi connectivity index (χ1) is 7.66. The van der Waals surface area contributed by atoms with E-state index in [2.05, 4.69) is 27.5 Å². The molecule has 0 aliphatic carbocycles. The second kappa shape index (κ2) is 4.78. The van der Waals surface area contributed by atoms with Crippen molar-refractivity contribution in [3.63, 3.8) is 0 Å². The summed E-state index contributed by atoms with van der Waals surface area (Å²) in [6.07, 6.45) is 1.68. The number of anilines is 2. The molecule has 0 bridgehead atoms. The highest BCUT2D eigenvalue weighted by Crippen LogP contribution is 2.25. The fourth-order valence-electron chi connectivity index (χ4n) is 1.59. The van der Waals surface area contributed by atoms with E-state index < -0.39 is 0 Å². The van der Waals surface area contributed by atoms with E-state index in [1.807, 2.05) is 37.4 Å². The Bertz CT molecular complexity index is 468. The third-order valence-electron chi connectivity index (χ3n) is 2.37. The van der Waals surface area contributed by atoms with E-state index >= 15 is 0 Å². The predicted molar refractivity (Wildman–Crippen MR) is 74.4 cm³/mol. The number of rotatable bonds is 3. The molecule has 2 N–H and O–H groups in total. The summed E-state index contributed by atoms with van der Waals surface area (Å²) in [5.74, 6) is 0.931. The van der Waals surface area contributed by atoms with Crippen LogP contribution >= 0.6 is 22.6 Å². The third kappa shape index (κ3) is 2.49. The zero-order valence-electron chi connectivity index (χ0n) is 8.98. The van der Waals surface area contributed by atoms with Crippen LogP contribution in [0.3, 0.4) is 0 Å². The SMILES string of the molecule is CN(Cc1ccco1)c1ccc(I)cc1N. The van der Waals surface area contributed by atoms with Crippen LogP contribution in [0.4, 0.5) is 11.4 Å². The van der Waals surface area contributed by atoms with Gasteiger partial charge in [-0.3, -0.25) is 0 Å². The van der Waals surface area contributed by atoms with Crippen LogP contribution in [0.5, 0.6) is 0 Å². The minimum Gasteiger partial charge on any atom is -0.467 e. The maximum atomic E-state index is 5.97. The number of furan rings is 1. The van der Waals surface area contributed by atoms with Crippen molar-refractivity contribution < 1.29 is 4.42 Å². The van der Waals surface area contributed by atoms with Gasteiger partial charge < -0.3 is 15.1 Å². The maximum absolute atomic E-state index is 5.97. The van der Waals surface area contributed by atoms with Crippen molar-refractivity contribution in [3.05, 3.63) is 45.9 Å². The molecule has 1 aromatic heterocycles. The highest BCUT2D eigenvalue weighted by molar-refractivity contribution is 14.1. The smallest absolute Gasteiger partial charge is 0.123 e. The van der Waals surface area contributed by atoms with E-state index in [0.29, 0.717) is 0 Å². The standard InChI is InChI=1S/C12H13IN2O/c1-15(8-10-3-2-6-16-10)12-5-4-9(13)7-11(12)14/h2-7H,8,14H2,1H3. The Kier molecular flexibility index (Phi) is 3.38. The molecular formula is C12H13IN2O. The van der Waals surface area contributed by atoms with Crippen molar-refractivity contribution in [1.82, 2.24) is 0 Å². The number of benzene rings is 1. The Morgan fingerprint density at radius 1 is 1.38 bits per heavy atom. The largest absolute Gasteiger partial charge is 0.467 e. The topological polar surface area (TPSA) is 42.4 Å². The molecule has 2 rings (SSSR count). The van der Waals surface area contributed by atoms with Gasteiger partial charge in [-0.1, -0.05) is 0 Å². The van der Waals surface area contributed by atoms with Gasteiger partial charge in [-0.25, -0.2) is 0 Å². The Hall–Kier alpha value is -1.17. The molecule has 2 aromatic rings. The molecule has 4 heteroatoms. The van der Waals surface area contributed by atoms with Crippen molar-refractivity contribution in [2.24, 2.45) is 0 Å². The molecule has 0 aliphatic rings. The molecule has 0 saturated heterocycles. The Balaban J connectivity index is 2.17. The minimum atomic E-state index is 0.720. The lowest BCUT2D eigenvalue weighted by molar-refractivity contribution is 0.507. The van der Waals surface area contributed by atoms with Gasteiger partial charge in [0.25, 0.3) is 0 Å². The van der Waals surface area contributed by atoms with Gasteiger partial charge >= 0.3 is 0 Å². The van der Waals surface area contributed by atoms with E-state index in [4.69, 9.17) is 10.2 Å². The number of halogens is 1. The molecule has 0 atom stereocenters. The van der Waals surface area contributed by atoms with Crippen LogP contribution in [-0.2, 0) is 6.54 Å². The lowest BCUT2D eigenvalue weighted by atomic mass is 10.2. The summed E-state index contributed by atoms with van der Waals surface area (Å²) in [5, 5.41) is 0. The molecule has 84 valence electrons. The number of hydrogen-bond acceptors (Lipinski definition) is 3. The zero-order valence-corrected chi connectivity index (χ0v) is 11.1. The van der Waals surface area contributed by atoms with Gasteiger partial charge in [0.1, 0.15) is 5.76 Å². The van der Waals surface area contributed by atoms with E-state index in [-0.39, 0.29) is 0 Å². The Morgan fingerprint density at radius 2 is 2.19 bits per heavy atom. The molecular weight excluding hydrogens is 315 g/mol. The molecule has 0 amide bonds. The van der Waals surface area contributed by atoms with Crippen molar-refractivity contribution >= 4 is 34.0 Å². The van der Waals surface area contributed by atoms with Crippen LogP contribution in [0.15, 0.2) is 41.0 Å². The summed E-state index contributed by atoms with van der Waals surface area (Å²) in [7, 11) is 2.00. The lowest BCUT2D eigenvalue weighted by Crippen LogP contribution is -2.17. The van der Waals surface area contributed by atoms with Gasteiger partial charge in [0.2, 0.25) is 0 Å². The van der Waals surface area contributed by atoms with E-state index in [1.54, 1.807) is 6.26 Å². The fourth-order valence-corrected chi connectivity index (χ4v) is 2.11. The summed E-state index contributed by atoms with van der Waals surface area (Å²) in [4.78, 5) is 2.07. The summed E-state index contributed by atoms with van der Waals surface area (Å²) in [6.45, 7) is 0.720. The van der Waals surface area contributed by atoms with Gasteiger partial charge in [-0.05, 0) is 52.9 Å². The van der Waals surface area contributed by atoms with Crippen molar-refractivity contribution in [2.75, 3.05) is 17.7 Å². The predicted octanol–water partition coefficient (Wildman–Crippen LogP) is 3.10. The minimum absolute atomic E-state index is 0.720. The molecule has 0 saturated carbocycles. The number of nitrogen functional groups attached to an aromatic ring is 1.